The zero-order valence-corrected chi connectivity index (χ0v) is 12.3. The van der Waals surface area contributed by atoms with Gasteiger partial charge in [0.2, 0.25) is 0 Å². The fraction of sp³-hybridized carbons (Fsp3) is 0.533. The van der Waals surface area contributed by atoms with E-state index in [0.29, 0.717) is 17.4 Å². The van der Waals surface area contributed by atoms with Crippen molar-refractivity contribution in [3.05, 3.63) is 28.8 Å². The third kappa shape index (κ3) is 2.63. The minimum Gasteiger partial charge on any atom is -0.480 e. The molecule has 0 aromatic heterocycles. The van der Waals surface area contributed by atoms with Crippen molar-refractivity contribution in [1.29, 1.82) is 0 Å². The topological polar surface area (TPSA) is 41.6 Å². The van der Waals surface area contributed by atoms with Gasteiger partial charge in [-0.3, -0.25) is 4.79 Å². The van der Waals surface area contributed by atoms with Crippen molar-refractivity contribution < 1.29 is 9.53 Å². The standard InChI is InChI=1S/C15H19ClN2O2/c1-17-8-10-4-5-18(9-10)15(19)14-7-11-6-12(16)2-3-13(11)20-14/h2-3,6,10,14,17H,4-5,7-9H2,1H3/t10-,14+/m0/s1. The molecular weight excluding hydrogens is 276 g/mol. The Morgan fingerprint density at radius 1 is 1.55 bits per heavy atom. The fourth-order valence-electron chi connectivity index (χ4n) is 3.05. The van der Waals surface area contributed by atoms with Crippen LogP contribution < -0.4 is 10.1 Å². The molecule has 1 amide bonds. The lowest BCUT2D eigenvalue weighted by molar-refractivity contribution is -0.136. The summed E-state index contributed by atoms with van der Waals surface area (Å²) in [6.45, 7) is 2.63. The molecule has 1 saturated heterocycles. The Kier molecular flexibility index (Phi) is 3.85. The number of carbonyl (C=O) groups is 1. The summed E-state index contributed by atoms with van der Waals surface area (Å²) in [5.74, 6) is 1.46. The van der Waals surface area contributed by atoms with E-state index in [1.54, 1.807) is 6.07 Å². The number of nitrogens with zero attached hydrogens (tertiary/aromatic N) is 1. The lowest BCUT2D eigenvalue weighted by atomic mass is 10.1. The van der Waals surface area contributed by atoms with Crippen LogP contribution in [-0.2, 0) is 11.2 Å². The fourth-order valence-corrected chi connectivity index (χ4v) is 3.24. The number of rotatable bonds is 3. The highest BCUT2D eigenvalue weighted by atomic mass is 35.5. The van der Waals surface area contributed by atoms with E-state index >= 15 is 0 Å². The molecule has 20 heavy (non-hydrogen) atoms. The third-order valence-electron chi connectivity index (χ3n) is 4.06. The van der Waals surface area contributed by atoms with Gasteiger partial charge in [0.25, 0.3) is 5.91 Å². The van der Waals surface area contributed by atoms with Gasteiger partial charge in [-0.15, -0.1) is 0 Å². The van der Waals surface area contributed by atoms with Crippen LogP contribution in [0.2, 0.25) is 5.02 Å². The first-order chi connectivity index (χ1) is 9.67. The minimum atomic E-state index is -0.378. The molecule has 2 aliphatic rings. The Morgan fingerprint density at radius 2 is 2.40 bits per heavy atom. The van der Waals surface area contributed by atoms with E-state index in [4.69, 9.17) is 16.3 Å². The SMILES string of the molecule is CNC[C@@H]1CCN(C(=O)[C@H]2Cc3cc(Cl)ccc3O2)C1. The van der Waals surface area contributed by atoms with Crippen molar-refractivity contribution in [2.24, 2.45) is 5.92 Å². The Morgan fingerprint density at radius 3 is 3.20 bits per heavy atom. The molecule has 1 aromatic rings. The lowest BCUT2D eigenvalue weighted by Gasteiger charge is -2.20. The van der Waals surface area contributed by atoms with E-state index in [1.165, 1.54) is 0 Å². The molecule has 0 spiro atoms. The molecule has 1 N–H and O–H groups in total. The number of likely N-dealkylation sites (tertiary alicyclic amines) is 1. The largest absolute Gasteiger partial charge is 0.480 e. The van der Waals surface area contributed by atoms with Crippen LogP contribution in [0.4, 0.5) is 0 Å². The summed E-state index contributed by atoms with van der Waals surface area (Å²) in [6.07, 6.45) is 1.32. The number of halogens is 1. The first-order valence-electron chi connectivity index (χ1n) is 7.06. The maximum Gasteiger partial charge on any atom is 0.264 e. The first kappa shape index (κ1) is 13.7. The third-order valence-corrected chi connectivity index (χ3v) is 4.30. The first-order valence-corrected chi connectivity index (χ1v) is 7.43. The van der Waals surface area contributed by atoms with Crippen LogP contribution in [0, 0.1) is 5.92 Å². The zero-order chi connectivity index (χ0) is 14.1. The van der Waals surface area contributed by atoms with E-state index in [1.807, 2.05) is 24.1 Å². The number of hydrogen-bond donors (Lipinski definition) is 1. The molecule has 1 aromatic carbocycles. The molecule has 1 fully saturated rings. The van der Waals surface area contributed by atoms with Gasteiger partial charge < -0.3 is 15.0 Å². The molecule has 0 aliphatic carbocycles. The van der Waals surface area contributed by atoms with Crippen molar-refractivity contribution >= 4 is 17.5 Å². The Labute approximate surface area is 124 Å². The number of hydrogen-bond acceptors (Lipinski definition) is 3. The quantitative estimate of drug-likeness (QED) is 0.923. The number of nitrogens with one attached hydrogen (secondary N) is 1. The van der Waals surface area contributed by atoms with Crippen molar-refractivity contribution in [1.82, 2.24) is 10.2 Å². The van der Waals surface area contributed by atoms with Crippen LogP contribution in [0.25, 0.3) is 0 Å². The summed E-state index contributed by atoms with van der Waals surface area (Å²) in [6, 6.07) is 5.53. The van der Waals surface area contributed by atoms with Gasteiger partial charge in [-0.1, -0.05) is 11.6 Å². The van der Waals surface area contributed by atoms with Crippen LogP contribution in [0.5, 0.6) is 5.75 Å². The van der Waals surface area contributed by atoms with Crippen molar-refractivity contribution in [2.75, 3.05) is 26.7 Å². The van der Waals surface area contributed by atoms with Crippen molar-refractivity contribution in [3.8, 4) is 5.75 Å². The van der Waals surface area contributed by atoms with E-state index in [2.05, 4.69) is 5.32 Å². The molecule has 3 rings (SSSR count). The van der Waals surface area contributed by atoms with E-state index < -0.39 is 0 Å². The maximum absolute atomic E-state index is 12.5. The van der Waals surface area contributed by atoms with Crippen molar-refractivity contribution in [2.45, 2.75) is 18.9 Å². The van der Waals surface area contributed by atoms with Crippen LogP contribution >= 0.6 is 11.6 Å². The molecule has 0 unspecified atom stereocenters. The normalized spacial score (nSPS) is 24.6. The van der Waals surface area contributed by atoms with Crippen LogP contribution in [0.15, 0.2) is 18.2 Å². The van der Waals surface area contributed by atoms with Crippen LogP contribution in [0.1, 0.15) is 12.0 Å². The molecular formula is C15H19ClN2O2. The number of carbonyl (C=O) groups excluding carboxylic acids is 1. The molecule has 0 saturated carbocycles. The second kappa shape index (κ2) is 5.62. The van der Waals surface area contributed by atoms with E-state index in [0.717, 1.165) is 37.4 Å². The monoisotopic (exact) mass is 294 g/mol. The summed E-state index contributed by atoms with van der Waals surface area (Å²) >= 11 is 5.97. The Hall–Kier alpha value is -1.26. The maximum atomic E-state index is 12.5. The molecule has 108 valence electrons. The van der Waals surface area contributed by atoms with Crippen LogP contribution in [-0.4, -0.2) is 43.6 Å². The number of ether oxygens (including phenoxy) is 1. The van der Waals surface area contributed by atoms with E-state index in [-0.39, 0.29) is 12.0 Å². The Balaban J connectivity index is 1.63. The number of fused-ring (bicyclic) bond motifs is 1. The smallest absolute Gasteiger partial charge is 0.264 e. The minimum absolute atomic E-state index is 0.107. The molecule has 2 heterocycles. The average molecular weight is 295 g/mol. The predicted octanol–water partition coefficient (Wildman–Crippen LogP) is 1.71. The summed E-state index contributed by atoms with van der Waals surface area (Å²) < 4.78 is 5.77. The average Bonchev–Trinajstić information content (AvgIpc) is 3.04. The van der Waals surface area contributed by atoms with Gasteiger partial charge in [0.05, 0.1) is 0 Å². The van der Waals surface area contributed by atoms with Gasteiger partial charge in [-0.2, -0.15) is 0 Å². The zero-order valence-electron chi connectivity index (χ0n) is 11.6. The summed E-state index contributed by atoms with van der Waals surface area (Å²) in [5.41, 5.74) is 1.03. The molecule has 0 radical (unpaired) electrons. The second-order valence-corrected chi connectivity index (χ2v) is 6.00. The Bertz CT molecular complexity index is 521. The summed E-state index contributed by atoms with van der Waals surface area (Å²) in [7, 11) is 1.95. The van der Waals surface area contributed by atoms with Crippen molar-refractivity contribution in [3.63, 3.8) is 0 Å². The van der Waals surface area contributed by atoms with E-state index in [9.17, 15) is 4.79 Å². The molecule has 2 aliphatic heterocycles. The number of benzene rings is 1. The molecule has 4 nitrogen and oxygen atoms in total. The molecule has 2 atom stereocenters. The molecule has 5 heteroatoms. The second-order valence-electron chi connectivity index (χ2n) is 5.56. The highest BCUT2D eigenvalue weighted by molar-refractivity contribution is 6.30. The van der Waals surface area contributed by atoms with Gasteiger partial charge in [-0.25, -0.2) is 0 Å². The van der Waals surface area contributed by atoms with Gasteiger partial charge >= 0.3 is 0 Å². The number of amides is 1. The van der Waals surface area contributed by atoms with Gasteiger partial charge in [0.15, 0.2) is 6.10 Å². The lowest BCUT2D eigenvalue weighted by Crippen LogP contribution is -2.40. The molecule has 0 bridgehead atoms. The van der Waals surface area contributed by atoms with Crippen LogP contribution in [0.3, 0.4) is 0 Å². The van der Waals surface area contributed by atoms with Gasteiger partial charge in [0, 0.05) is 24.5 Å². The summed E-state index contributed by atoms with van der Waals surface area (Å²) in [4.78, 5) is 14.4. The summed E-state index contributed by atoms with van der Waals surface area (Å²) in [5, 5.41) is 3.87. The highest BCUT2D eigenvalue weighted by Gasteiger charge is 2.35. The highest BCUT2D eigenvalue weighted by Crippen LogP contribution is 2.32. The van der Waals surface area contributed by atoms with Gasteiger partial charge in [-0.05, 0) is 49.7 Å². The van der Waals surface area contributed by atoms with Gasteiger partial charge in [0.1, 0.15) is 5.75 Å². The predicted molar refractivity (Wildman–Crippen MR) is 78.2 cm³/mol.